The quantitative estimate of drug-likeness (QED) is 0.678. The Kier molecular flexibility index (Phi) is 5.67. The molecule has 0 fully saturated rings. The maximum absolute atomic E-state index is 6.08. The molecule has 0 atom stereocenters. The Balaban J connectivity index is 0.00000161. The van der Waals surface area contributed by atoms with Gasteiger partial charge in [0, 0.05) is 11.1 Å². The molecular formula is C14H9Cl2N4Na. The zero-order valence-corrected chi connectivity index (χ0v) is 11.7. The molecule has 0 radical (unpaired) electrons. The third-order valence-corrected chi connectivity index (χ3v) is 3.37. The van der Waals surface area contributed by atoms with E-state index in [-0.39, 0.29) is 29.6 Å². The summed E-state index contributed by atoms with van der Waals surface area (Å²) in [5, 5.41) is 17.4. The van der Waals surface area contributed by atoms with Crippen LogP contribution >= 0.6 is 23.2 Å². The van der Waals surface area contributed by atoms with Gasteiger partial charge in [-0.3, -0.25) is 0 Å². The minimum absolute atomic E-state index is 0. The van der Waals surface area contributed by atoms with Crippen LogP contribution in [0.5, 0.6) is 0 Å². The number of hydrogen-bond donors (Lipinski definition) is 0. The van der Waals surface area contributed by atoms with Gasteiger partial charge in [-0.25, -0.2) is 0 Å². The molecule has 0 saturated carbocycles. The molecule has 0 aliphatic carbocycles. The maximum atomic E-state index is 6.08. The number of hydrogen-bond acceptors (Lipinski definition) is 4. The Labute approximate surface area is 153 Å². The number of halogens is 2. The van der Waals surface area contributed by atoms with Crippen LogP contribution in [0.2, 0.25) is 10.0 Å². The van der Waals surface area contributed by atoms with Crippen molar-refractivity contribution in [2.45, 2.75) is 0 Å². The van der Waals surface area contributed by atoms with Crippen molar-refractivity contribution in [2.75, 3.05) is 0 Å². The molecule has 0 amide bonds. The summed E-state index contributed by atoms with van der Waals surface area (Å²) in [5.74, 6) is 0.762. The van der Waals surface area contributed by atoms with Crippen LogP contribution in [-0.4, -0.2) is 50.0 Å². The van der Waals surface area contributed by atoms with E-state index in [9.17, 15) is 0 Å². The summed E-state index contributed by atoms with van der Waals surface area (Å²) in [6, 6.07) is 14.5. The molecular weight excluding hydrogens is 318 g/mol. The predicted octanol–water partition coefficient (Wildman–Crippen LogP) is 3.26. The minimum atomic E-state index is 0. The normalized spacial score (nSPS) is 10.0. The first-order valence-electron chi connectivity index (χ1n) is 5.83. The van der Waals surface area contributed by atoms with Crippen LogP contribution in [0.15, 0.2) is 48.5 Å². The number of nitrogens with zero attached hydrogens (tertiary/aromatic N) is 4. The van der Waals surface area contributed by atoms with Gasteiger partial charge in [-0.15, -0.1) is 20.4 Å². The van der Waals surface area contributed by atoms with Crippen LogP contribution in [0, 0.1) is 0 Å². The van der Waals surface area contributed by atoms with Crippen molar-refractivity contribution in [1.82, 2.24) is 20.4 Å². The van der Waals surface area contributed by atoms with Gasteiger partial charge in [-0.2, -0.15) is 0 Å². The second-order valence-corrected chi connectivity index (χ2v) is 4.82. The van der Waals surface area contributed by atoms with E-state index in [2.05, 4.69) is 20.4 Å². The van der Waals surface area contributed by atoms with E-state index < -0.39 is 0 Å². The van der Waals surface area contributed by atoms with Crippen molar-refractivity contribution >= 4 is 52.8 Å². The summed E-state index contributed by atoms with van der Waals surface area (Å²) in [6.07, 6.45) is 0. The van der Waals surface area contributed by atoms with Crippen molar-refractivity contribution in [3.05, 3.63) is 58.6 Å². The summed E-state index contributed by atoms with van der Waals surface area (Å²) in [6.45, 7) is 0. The zero-order valence-electron chi connectivity index (χ0n) is 10.2. The van der Waals surface area contributed by atoms with Gasteiger partial charge < -0.3 is 0 Å². The van der Waals surface area contributed by atoms with Crippen molar-refractivity contribution in [1.29, 1.82) is 0 Å². The SMILES string of the molecule is Clc1ccccc1-c1nnc(-c2ccccc2Cl)nn1.[NaH]. The first-order chi connectivity index (χ1) is 9.75. The van der Waals surface area contributed by atoms with Crippen LogP contribution in [0.4, 0.5) is 0 Å². The van der Waals surface area contributed by atoms with E-state index in [0.29, 0.717) is 32.8 Å². The van der Waals surface area contributed by atoms with Gasteiger partial charge in [0.15, 0.2) is 0 Å². The van der Waals surface area contributed by atoms with Crippen LogP contribution in [0.25, 0.3) is 22.8 Å². The van der Waals surface area contributed by atoms with E-state index in [0.717, 1.165) is 0 Å². The molecule has 100 valence electrons. The predicted molar refractivity (Wildman–Crippen MR) is 85.7 cm³/mol. The standard InChI is InChI=1S/C14H8Cl2N4.Na.H/c15-11-7-3-1-5-9(11)13-17-19-14(20-18-13)10-6-2-4-8-12(10)16;;/h1-8H;;. The fourth-order valence-corrected chi connectivity index (χ4v) is 2.17. The van der Waals surface area contributed by atoms with Gasteiger partial charge in [0.05, 0.1) is 10.0 Å². The van der Waals surface area contributed by atoms with E-state index in [1.54, 1.807) is 12.1 Å². The molecule has 0 bridgehead atoms. The van der Waals surface area contributed by atoms with Crippen LogP contribution < -0.4 is 0 Å². The van der Waals surface area contributed by atoms with Crippen molar-refractivity contribution in [2.24, 2.45) is 0 Å². The van der Waals surface area contributed by atoms with E-state index in [1.807, 2.05) is 36.4 Å². The van der Waals surface area contributed by atoms with E-state index >= 15 is 0 Å². The fraction of sp³-hybridized carbons (Fsp3) is 0. The number of rotatable bonds is 2. The van der Waals surface area contributed by atoms with Crippen molar-refractivity contribution in [3.63, 3.8) is 0 Å². The number of aromatic nitrogens is 4. The second kappa shape index (κ2) is 7.29. The average Bonchev–Trinajstić information content (AvgIpc) is 2.49. The van der Waals surface area contributed by atoms with E-state index in [1.165, 1.54) is 0 Å². The van der Waals surface area contributed by atoms with Gasteiger partial charge in [0.25, 0.3) is 0 Å². The van der Waals surface area contributed by atoms with Crippen molar-refractivity contribution in [3.8, 4) is 22.8 Å². The van der Waals surface area contributed by atoms with Gasteiger partial charge >= 0.3 is 29.6 Å². The Morgan fingerprint density at radius 3 is 1.24 bits per heavy atom. The van der Waals surface area contributed by atoms with E-state index in [4.69, 9.17) is 23.2 Å². The van der Waals surface area contributed by atoms with Crippen LogP contribution in [-0.2, 0) is 0 Å². The second-order valence-electron chi connectivity index (χ2n) is 4.01. The molecule has 1 aromatic heterocycles. The third-order valence-electron chi connectivity index (χ3n) is 2.71. The molecule has 3 aromatic rings. The molecule has 0 unspecified atom stereocenters. The first-order valence-corrected chi connectivity index (χ1v) is 6.58. The molecule has 0 aliphatic heterocycles. The Morgan fingerprint density at radius 2 is 0.905 bits per heavy atom. The molecule has 0 spiro atoms. The summed E-state index contributed by atoms with van der Waals surface area (Å²) >= 11 is 12.2. The average molecular weight is 327 g/mol. The zero-order chi connectivity index (χ0) is 13.9. The number of benzene rings is 2. The summed E-state index contributed by atoms with van der Waals surface area (Å²) in [7, 11) is 0. The fourth-order valence-electron chi connectivity index (χ4n) is 1.73. The van der Waals surface area contributed by atoms with Gasteiger partial charge in [-0.05, 0) is 24.3 Å². The molecule has 0 aliphatic rings. The molecule has 7 heteroatoms. The first kappa shape index (κ1) is 16.3. The van der Waals surface area contributed by atoms with Crippen molar-refractivity contribution < 1.29 is 0 Å². The molecule has 1 heterocycles. The Bertz CT molecular complexity index is 685. The topological polar surface area (TPSA) is 51.6 Å². The van der Waals surface area contributed by atoms with Crippen LogP contribution in [0.3, 0.4) is 0 Å². The van der Waals surface area contributed by atoms with Crippen LogP contribution in [0.1, 0.15) is 0 Å². The third kappa shape index (κ3) is 3.59. The van der Waals surface area contributed by atoms with Gasteiger partial charge in [-0.1, -0.05) is 47.5 Å². The summed E-state index contributed by atoms with van der Waals surface area (Å²) < 4.78 is 0. The van der Waals surface area contributed by atoms with Gasteiger partial charge in [0.1, 0.15) is 0 Å². The molecule has 0 N–H and O–H groups in total. The summed E-state index contributed by atoms with van der Waals surface area (Å²) in [5.41, 5.74) is 1.39. The molecule has 3 rings (SSSR count). The Morgan fingerprint density at radius 1 is 0.571 bits per heavy atom. The Hall–Kier alpha value is -1.04. The molecule has 4 nitrogen and oxygen atoms in total. The molecule has 2 aromatic carbocycles. The molecule has 21 heavy (non-hydrogen) atoms. The monoisotopic (exact) mass is 326 g/mol. The summed E-state index contributed by atoms with van der Waals surface area (Å²) in [4.78, 5) is 0. The van der Waals surface area contributed by atoms with Gasteiger partial charge in [0.2, 0.25) is 11.6 Å². The molecule has 0 saturated heterocycles.